The largest absolute Gasteiger partial charge is 0.351 e. The third-order valence-electron chi connectivity index (χ3n) is 3.31. The molecule has 1 aromatic heterocycles. The Kier molecular flexibility index (Phi) is 4.44. The Morgan fingerprint density at radius 3 is 2.90 bits per heavy atom. The maximum absolute atomic E-state index is 12.4. The van der Waals surface area contributed by atoms with Gasteiger partial charge in [-0.2, -0.15) is 0 Å². The molecule has 1 aliphatic heterocycles. The molecule has 1 aromatic rings. The molecule has 0 bridgehead atoms. The molecule has 0 aromatic carbocycles. The number of carbonyl (C=O) groups is 1. The van der Waals surface area contributed by atoms with Gasteiger partial charge >= 0.3 is 0 Å². The maximum atomic E-state index is 12.4. The van der Waals surface area contributed by atoms with Crippen molar-refractivity contribution in [1.82, 2.24) is 14.8 Å². The molecule has 1 saturated heterocycles. The van der Waals surface area contributed by atoms with Gasteiger partial charge < -0.3 is 9.42 Å². The minimum absolute atomic E-state index is 0.142. The molecule has 0 radical (unpaired) electrons. The molecule has 7 nitrogen and oxygen atoms in total. The number of hydrogen-bond donors (Lipinski definition) is 1. The van der Waals surface area contributed by atoms with Gasteiger partial charge in [-0.15, -0.1) is 0 Å². The summed E-state index contributed by atoms with van der Waals surface area (Å²) in [4.78, 5) is 14.0. The van der Waals surface area contributed by atoms with Crippen molar-refractivity contribution in [3.8, 4) is 0 Å². The molecule has 2 rings (SSSR count). The Hall–Kier alpha value is -1.41. The van der Waals surface area contributed by atoms with Gasteiger partial charge in [0.2, 0.25) is 15.8 Å². The molecule has 0 saturated carbocycles. The summed E-state index contributed by atoms with van der Waals surface area (Å²) >= 11 is 0. The molecule has 0 spiro atoms. The molecule has 1 atom stereocenters. The Labute approximate surface area is 118 Å². The zero-order valence-electron chi connectivity index (χ0n) is 11.6. The van der Waals surface area contributed by atoms with Crippen LogP contribution >= 0.6 is 0 Å². The number of aryl methyl sites for hydroxylation is 1. The van der Waals surface area contributed by atoms with Gasteiger partial charge in [0, 0.05) is 25.2 Å². The second-order valence-corrected chi connectivity index (χ2v) is 6.93. The number of piperidine rings is 1. The van der Waals surface area contributed by atoms with Crippen LogP contribution in [0.25, 0.3) is 0 Å². The molecule has 112 valence electrons. The highest BCUT2D eigenvalue weighted by molar-refractivity contribution is 7.88. The number of hydrogen-bond acceptors (Lipinski definition) is 5. The molecule has 2 heterocycles. The topological polar surface area (TPSA) is 92.5 Å². The molecule has 1 N–H and O–H groups in total. The van der Waals surface area contributed by atoms with Gasteiger partial charge in [0.05, 0.1) is 11.9 Å². The van der Waals surface area contributed by atoms with Gasteiger partial charge in [-0.3, -0.25) is 4.79 Å². The minimum atomic E-state index is -3.26. The number of carbonyl (C=O) groups excluding carboxylic acids is 1. The van der Waals surface area contributed by atoms with Gasteiger partial charge in [-0.05, 0) is 26.2 Å². The minimum Gasteiger partial charge on any atom is -0.351 e. The lowest BCUT2D eigenvalue weighted by molar-refractivity contribution is 0.0576. The van der Waals surface area contributed by atoms with Crippen LogP contribution in [-0.2, 0) is 10.0 Å². The zero-order chi connectivity index (χ0) is 14.8. The molecule has 1 fully saturated rings. The molecule has 0 unspecified atom stereocenters. The third kappa shape index (κ3) is 3.80. The number of sulfonamides is 1. The summed E-state index contributed by atoms with van der Waals surface area (Å²) in [5.74, 6) is -0.0284. The standard InChI is InChI=1S/C12H19N3O4S/c1-9-7-11(19-14-9)12(16)15-6-4-3-5-10(15)8-13-20(2,17)18/h7,10,13H,3-6,8H2,1-2H3/t10-/m0/s1. The number of nitrogens with zero attached hydrogens (tertiary/aromatic N) is 2. The first-order valence-electron chi connectivity index (χ1n) is 6.56. The summed E-state index contributed by atoms with van der Waals surface area (Å²) in [6, 6.07) is 1.45. The molecule has 0 aliphatic carbocycles. The summed E-state index contributed by atoms with van der Waals surface area (Å²) in [6.45, 7) is 2.59. The van der Waals surface area contributed by atoms with E-state index in [1.807, 2.05) is 0 Å². The van der Waals surface area contributed by atoms with Crippen molar-refractivity contribution in [3.63, 3.8) is 0 Å². The van der Waals surface area contributed by atoms with E-state index in [0.717, 1.165) is 25.5 Å². The lowest BCUT2D eigenvalue weighted by Gasteiger charge is -2.35. The van der Waals surface area contributed by atoms with Crippen molar-refractivity contribution >= 4 is 15.9 Å². The van der Waals surface area contributed by atoms with Crippen LogP contribution < -0.4 is 4.72 Å². The lowest BCUT2D eigenvalue weighted by atomic mass is 10.0. The summed E-state index contributed by atoms with van der Waals surface area (Å²) < 4.78 is 29.8. The van der Waals surface area contributed by atoms with E-state index < -0.39 is 10.0 Å². The fourth-order valence-electron chi connectivity index (χ4n) is 2.33. The third-order valence-corrected chi connectivity index (χ3v) is 4.00. The number of aromatic nitrogens is 1. The van der Waals surface area contributed by atoms with E-state index in [1.165, 1.54) is 0 Å². The molecule has 1 aliphatic rings. The first-order valence-corrected chi connectivity index (χ1v) is 8.45. The van der Waals surface area contributed by atoms with E-state index in [1.54, 1.807) is 17.9 Å². The van der Waals surface area contributed by atoms with Gasteiger partial charge in [0.1, 0.15) is 0 Å². The molecule has 1 amide bonds. The molecule has 20 heavy (non-hydrogen) atoms. The van der Waals surface area contributed by atoms with Crippen molar-refractivity contribution in [3.05, 3.63) is 17.5 Å². The summed E-state index contributed by atoms with van der Waals surface area (Å²) in [5, 5.41) is 3.71. The fraction of sp³-hybridized carbons (Fsp3) is 0.667. The SMILES string of the molecule is Cc1cc(C(=O)N2CCCC[C@H]2CNS(C)(=O)=O)on1. The van der Waals surface area contributed by atoms with Crippen molar-refractivity contribution in [2.24, 2.45) is 0 Å². The van der Waals surface area contributed by atoms with E-state index >= 15 is 0 Å². The van der Waals surface area contributed by atoms with Crippen LogP contribution in [0.3, 0.4) is 0 Å². The van der Waals surface area contributed by atoms with Crippen LogP contribution in [0.4, 0.5) is 0 Å². The van der Waals surface area contributed by atoms with Crippen molar-refractivity contribution < 1.29 is 17.7 Å². The highest BCUT2D eigenvalue weighted by atomic mass is 32.2. The van der Waals surface area contributed by atoms with Crippen molar-refractivity contribution in [2.45, 2.75) is 32.2 Å². The van der Waals surface area contributed by atoms with E-state index in [2.05, 4.69) is 9.88 Å². The van der Waals surface area contributed by atoms with Crippen LogP contribution in [0.5, 0.6) is 0 Å². The van der Waals surface area contributed by atoms with Crippen LogP contribution in [-0.4, -0.2) is 49.8 Å². The first-order chi connectivity index (χ1) is 9.37. The maximum Gasteiger partial charge on any atom is 0.292 e. The summed E-state index contributed by atoms with van der Waals surface area (Å²) in [7, 11) is -3.26. The highest BCUT2D eigenvalue weighted by Gasteiger charge is 2.29. The fourth-order valence-corrected chi connectivity index (χ4v) is 2.83. The van der Waals surface area contributed by atoms with Crippen LogP contribution in [0.1, 0.15) is 35.5 Å². The lowest BCUT2D eigenvalue weighted by Crippen LogP contribution is -2.49. The van der Waals surface area contributed by atoms with E-state index in [9.17, 15) is 13.2 Å². The average Bonchev–Trinajstić information content (AvgIpc) is 2.82. The summed E-state index contributed by atoms with van der Waals surface area (Å²) in [5.41, 5.74) is 0.649. The second-order valence-electron chi connectivity index (χ2n) is 5.10. The monoisotopic (exact) mass is 301 g/mol. The van der Waals surface area contributed by atoms with Crippen molar-refractivity contribution in [2.75, 3.05) is 19.3 Å². The Morgan fingerprint density at radius 1 is 1.55 bits per heavy atom. The first kappa shape index (κ1) is 15.0. The zero-order valence-corrected chi connectivity index (χ0v) is 12.4. The van der Waals surface area contributed by atoms with Crippen LogP contribution in [0.2, 0.25) is 0 Å². The van der Waals surface area contributed by atoms with Gasteiger partial charge in [0.15, 0.2) is 0 Å². The highest BCUT2D eigenvalue weighted by Crippen LogP contribution is 2.19. The summed E-state index contributed by atoms with van der Waals surface area (Å²) in [6.07, 6.45) is 3.78. The van der Waals surface area contributed by atoms with Crippen LogP contribution in [0, 0.1) is 6.92 Å². The predicted octanol–water partition coefficient (Wildman–Crippen LogP) is 0.527. The second kappa shape index (κ2) is 5.92. The Bertz CT molecular complexity index is 581. The van der Waals surface area contributed by atoms with Crippen molar-refractivity contribution in [1.29, 1.82) is 0 Å². The molecular formula is C12H19N3O4S. The number of amides is 1. The molecular weight excluding hydrogens is 282 g/mol. The van der Waals surface area contributed by atoms with Gasteiger partial charge in [-0.1, -0.05) is 5.16 Å². The van der Waals surface area contributed by atoms with E-state index in [4.69, 9.17) is 4.52 Å². The Morgan fingerprint density at radius 2 is 2.30 bits per heavy atom. The van der Waals surface area contributed by atoms with Gasteiger partial charge in [0.25, 0.3) is 5.91 Å². The van der Waals surface area contributed by atoms with Gasteiger partial charge in [-0.25, -0.2) is 13.1 Å². The predicted molar refractivity (Wildman–Crippen MR) is 72.8 cm³/mol. The molecule has 8 heteroatoms. The quantitative estimate of drug-likeness (QED) is 0.875. The Balaban J connectivity index is 2.08. The number of nitrogens with one attached hydrogen (secondary N) is 1. The smallest absolute Gasteiger partial charge is 0.292 e. The van der Waals surface area contributed by atoms with Crippen LogP contribution in [0.15, 0.2) is 10.6 Å². The average molecular weight is 301 g/mol. The number of rotatable bonds is 4. The number of likely N-dealkylation sites (tertiary alicyclic amines) is 1. The normalized spacial score (nSPS) is 20.1. The van der Waals surface area contributed by atoms with E-state index in [0.29, 0.717) is 12.2 Å². The van der Waals surface area contributed by atoms with E-state index in [-0.39, 0.29) is 24.3 Å².